The molecule has 104 valence electrons. The lowest BCUT2D eigenvalue weighted by Gasteiger charge is -2.21. The summed E-state index contributed by atoms with van der Waals surface area (Å²) < 4.78 is 14.6. The summed E-state index contributed by atoms with van der Waals surface area (Å²) in [5.74, 6) is 0.223. The van der Waals surface area contributed by atoms with Crippen LogP contribution in [0.15, 0.2) is 24.3 Å². The van der Waals surface area contributed by atoms with Crippen molar-refractivity contribution in [1.82, 2.24) is 14.6 Å². The number of fused-ring (bicyclic) bond motifs is 1. The van der Waals surface area contributed by atoms with Crippen LogP contribution in [0.2, 0.25) is 0 Å². The third kappa shape index (κ3) is 1.93. The summed E-state index contributed by atoms with van der Waals surface area (Å²) in [5.41, 5.74) is 1.71. The lowest BCUT2D eigenvalue weighted by Crippen LogP contribution is -2.08. The fourth-order valence-electron chi connectivity index (χ4n) is 2.49. The molecule has 0 unspecified atom stereocenters. The van der Waals surface area contributed by atoms with Crippen molar-refractivity contribution in [2.75, 3.05) is 0 Å². The largest absolute Gasteiger partial charge is 0.216 e. The van der Waals surface area contributed by atoms with Gasteiger partial charge in [-0.1, -0.05) is 17.8 Å². The first-order valence-electron chi connectivity index (χ1n) is 6.82. The highest BCUT2D eigenvalue weighted by Gasteiger charge is 2.25. The molecule has 1 saturated carbocycles. The minimum atomic E-state index is -0.302. The number of benzene rings is 1. The molecule has 0 spiro atoms. The second kappa shape index (κ2) is 4.64. The minimum absolute atomic E-state index is 0.302. The van der Waals surface area contributed by atoms with Gasteiger partial charge in [-0.25, -0.2) is 9.37 Å². The molecule has 6 heteroatoms. The van der Waals surface area contributed by atoms with Gasteiger partial charge in [0, 0.05) is 11.5 Å². The van der Waals surface area contributed by atoms with E-state index in [0.717, 1.165) is 15.5 Å². The van der Waals surface area contributed by atoms with Gasteiger partial charge in [-0.3, -0.25) is 0 Å². The number of rotatable bonds is 2. The van der Waals surface area contributed by atoms with Crippen molar-refractivity contribution in [3.8, 4) is 17.3 Å². The zero-order chi connectivity index (χ0) is 14.4. The van der Waals surface area contributed by atoms with Gasteiger partial charge in [0.1, 0.15) is 22.6 Å². The van der Waals surface area contributed by atoms with E-state index in [1.807, 2.05) is 0 Å². The van der Waals surface area contributed by atoms with Crippen molar-refractivity contribution in [1.29, 1.82) is 5.26 Å². The summed E-state index contributed by atoms with van der Waals surface area (Å²) in [6.45, 7) is 0. The van der Waals surface area contributed by atoms with Crippen molar-refractivity contribution >= 4 is 16.3 Å². The molecule has 0 amide bonds. The molecule has 1 aromatic carbocycles. The van der Waals surface area contributed by atoms with Crippen LogP contribution in [0.1, 0.15) is 35.9 Å². The molecule has 2 heterocycles. The first-order chi connectivity index (χ1) is 10.3. The fourth-order valence-corrected chi connectivity index (χ4v) is 3.56. The van der Waals surface area contributed by atoms with Crippen LogP contribution in [0.3, 0.4) is 0 Å². The molecular weight excluding hydrogens is 287 g/mol. The van der Waals surface area contributed by atoms with Gasteiger partial charge in [-0.15, -0.1) is 0 Å². The third-order valence-corrected chi connectivity index (χ3v) is 4.97. The maximum atomic E-state index is 13.0. The summed E-state index contributed by atoms with van der Waals surface area (Å²) >= 11 is 1.54. The second-order valence-electron chi connectivity index (χ2n) is 5.19. The molecule has 21 heavy (non-hydrogen) atoms. The Bertz CT molecular complexity index is 852. The monoisotopic (exact) mass is 298 g/mol. The highest BCUT2D eigenvalue weighted by atomic mass is 32.1. The molecule has 3 aromatic rings. The SMILES string of the molecule is N#Cc1c(-c2ccc(F)cc2)nc2sc(C3CCC3)nn12. The summed E-state index contributed by atoms with van der Waals surface area (Å²) in [7, 11) is 0. The quantitative estimate of drug-likeness (QED) is 0.724. The number of hydrogen-bond donors (Lipinski definition) is 0. The predicted molar refractivity (Wildman–Crippen MR) is 77.6 cm³/mol. The van der Waals surface area contributed by atoms with Crippen LogP contribution in [0.5, 0.6) is 0 Å². The van der Waals surface area contributed by atoms with Crippen LogP contribution >= 0.6 is 11.3 Å². The van der Waals surface area contributed by atoms with Crippen LogP contribution in [-0.4, -0.2) is 14.6 Å². The number of nitriles is 1. The Morgan fingerprint density at radius 2 is 2.05 bits per heavy atom. The van der Waals surface area contributed by atoms with E-state index in [4.69, 9.17) is 0 Å². The summed E-state index contributed by atoms with van der Waals surface area (Å²) in [6, 6.07) is 8.18. The smallest absolute Gasteiger partial charge is 0.214 e. The molecule has 2 aromatic heterocycles. The van der Waals surface area contributed by atoms with E-state index >= 15 is 0 Å². The van der Waals surface area contributed by atoms with Gasteiger partial charge in [0.25, 0.3) is 0 Å². The van der Waals surface area contributed by atoms with Crippen LogP contribution in [-0.2, 0) is 0 Å². The summed E-state index contributed by atoms with van der Waals surface area (Å²) in [6.07, 6.45) is 3.59. The van der Waals surface area contributed by atoms with Gasteiger partial charge in [0.15, 0.2) is 5.69 Å². The van der Waals surface area contributed by atoms with Crippen molar-refractivity contribution in [2.24, 2.45) is 0 Å². The van der Waals surface area contributed by atoms with E-state index in [1.165, 1.54) is 31.4 Å². The van der Waals surface area contributed by atoms with E-state index in [1.54, 1.807) is 28.0 Å². The second-order valence-corrected chi connectivity index (χ2v) is 6.18. The highest BCUT2D eigenvalue weighted by molar-refractivity contribution is 7.16. The zero-order valence-corrected chi connectivity index (χ0v) is 11.9. The predicted octanol–water partition coefficient (Wildman–Crippen LogP) is 3.74. The lowest BCUT2D eigenvalue weighted by molar-refractivity contribution is 0.415. The summed E-state index contributed by atoms with van der Waals surface area (Å²) in [4.78, 5) is 5.25. The van der Waals surface area contributed by atoms with E-state index < -0.39 is 0 Å². The van der Waals surface area contributed by atoms with Crippen LogP contribution in [0.25, 0.3) is 16.2 Å². The van der Waals surface area contributed by atoms with Gasteiger partial charge < -0.3 is 0 Å². The van der Waals surface area contributed by atoms with Crippen molar-refractivity contribution < 1.29 is 4.39 Å². The Labute approximate surface area is 124 Å². The maximum Gasteiger partial charge on any atom is 0.214 e. The number of imidazole rings is 1. The zero-order valence-electron chi connectivity index (χ0n) is 11.1. The van der Waals surface area contributed by atoms with Gasteiger partial charge >= 0.3 is 0 Å². The number of nitrogens with zero attached hydrogens (tertiary/aromatic N) is 4. The molecule has 0 N–H and O–H groups in total. The Hall–Kier alpha value is -2.26. The van der Waals surface area contributed by atoms with Crippen LogP contribution in [0.4, 0.5) is 4.39 Å². The molecule has 0 aliphatic heterocycles. The van der Waals surface area contributed by atoms with Gasteiger partial charge in [0.05, 0.1) is 0 Å². The number of halogens is 1. The average molecular weight is 298 g/mol. The van der Waals surface area contributed by atoms with Crippen LogP contribution < -0.4 is 0 Å². The number of hydrogen-bond acceptors (Lipinski definition) is 4. The molecule has 4 rings (SSSR count). The third-order valence-electron chi connectivity index (χ3n) is 3.90. The van der Waals surface area contributed by atoms with E-state index in [9.17, 15) is 9.65 Å². The summed E-state index contributed by atoms with van der Waals surface area (Å²) in [5, 5.41) is 15.0. The van der Waals surface area contributed by atoms with E-state index in [0.29, 0.717) is 17.3 Å². The Balaban J connectivity index is 1.84. The molecule has 0 atom stereocenters. The first-order valence-corrected chi connectivity index (χ1v) is 7.63. The van der Waals surface area contributed by atoms with E-state index in [-0.39, 0.29) is 5.82 Å². The highest BCUT2D eigenvalue weighted by Crippen LogP contribution is 2.39. The van der Waals surface area contributed by atoms with Crippen molar-refractivity contribution in [3.05, 3.63) is 40.8 Å². The molecule has 1 aliphatic carbocycles. The molecule has 1 aliphatic rings. The molecule has 0 radical (unpaired) electrons. The Morgan fingerprint density at radius 1 is 1.29 bits per heavy atom. The van der Waals surface area contributed by atoms with E-state index in [2.05, 4.69) is 16.2 Å². The Morgan fingerprint density at radius 3 is 2.67 bits per heavy atom. The molecule has 4 nitrogen and oxygen atoms in total. The van der Waals surface area contributed by atoms with Gasteiger partial charge in [-0.2, -0.15) is 14.9 Å². The average Bonchev–Trinajstić information content (AvgIpc) is 2.94. The topological polar surface area (TPSA) is 54.0 Å². The minimum Gasteiger partial charge on any atom is -0.216 e. The normalized spacial score (nSPS) is 15.0. The number of aromatic nitrogens is 3. The molecule has 1 fully saturated rings. The molecule has 0 saturated heterocycles. The maximum absolute atomic E-state index is 13.0. The fraction of sp³-hybridized carbons (Fsp3) is 0.267. The van der Waals surface area contributed by atoms with Crippen molar-refractivity contribution in [2.45, 2.75) is 25.2 Å². The van der Waals surface area contributed by atoms with Crippen LogP contribution in [0, 0.1) is 17.1 Å². The van der Waals surface area contributed by atoms with Gasteiger partial charge in [0.2, 0.25) is 4.96 Å². The molecular formula is C15H11FN4S. The molecule has 0 bridgehead atoms. The first kappa shape index (κ1) is 12.5. The Kier molecular flexibility index (Phi) is 2.76. The van der Waals surface area contributed by atoms with Crippen molar-refractivity contribution in [3.63, 3.8) is 0 Å². The lowest BCUT2D eigenvalue weighted by atomic mass is 9.86. The standard InChI is InChI=1S/C15H11FN4S/c16-11-6-4-9(5-7-11)13-12(8-17)20-15(18-13)21-14(19-20)10-2-1-3-10/h4-7,10H,1-3H2. The van der Waals surface area contributed by atoms with Gasteiger partial charge in [-0.05, 0) is 37.1 Å².